The average molecular weight is 369 g/mol. The van der Waals surface area contributed by atoms with Crippen molar-refractivity contribution in [1.82, 2.24) is 4.98 Å². The summed E-state index contributed by atoms with van der Waals surface area (Å²) in [6, 6.07) is 1.60. The minimum Gasteiger partial charge on any atom is -0.506 e. The molecule has 0 aliphatic heterocycles. The highest BCUT2D eigenvalue weighted by atomic mass is 19.4. The highest BCUT2D eigenvalue weighted by Crippen LogP contribution is 2.42. The molecular formula is C18H18F3NO4. The van der Waals surface area contributed by atoms with Gasteiger partial charge in [0.2, 0.25) is 0 Å². The molecule has 0 aromatic carbocycles. The molecule has 1 N–H and O–H groups in total. The summed E-state index contributed by atoms with van der Waals surface area (Å²) in [6.45, 7) is 6.60. The molecule has 0 amide bonds. The third-order valence-corrected chi connectivity index (χ3v) is 4.59. The van der Waals surface area contributed by atoms with Crippen LogP contribution in [0.15, 0.2) is 17.7 Å². The number of carbonyl (C=O) groups is 3. The van der Waals surface area contributed by atoms with Gasteiger partial charge in [-0.25, -0.2) is 4.98 Å². The molecule has 1 aromatic heterocycles. The Kier molecular flexibility index (Phi) is 4.38. The number of aromatic nitrogens is 1. The number of nitrogens with zero attached hydrogens (tertiary/aromatic N) is 1. The van der Waals surface area contributed by atoms with Gasteiger partial charge in [-0.1, -0.05) is 0 Å². The molecule has 1 aliphatic carbocycles. The number of hydrogen-bond acceptors (Lipinski definition) is 5. The Morgan fingerprint density at radius 2 is 1.46 bits per heavy atom. The van der Waals surface area contributed by atoms with Gasteiger partial charge in [0.15, 0.2) is 17.3 Å². The second-order valence-electron chi connectivity index (χ2n) is 7.29. The van der Waals surface area contributed by atoms with E-state index in [1.165, 1.54) is 34.6 Å². The maximum absolute atomic E-state index is 12.7. The van der Waals surface area contributed by atoms with Crippen LogP contribution in [-0.4, -0.2) is 27.4 Å². The van der Waals surface area contributed by atoms with Crippen molar-refractivity contribution in [1.29, 1.82) is 0 Å². The molecule has 0 saturated heterocycles. The van der Waals surface area contributed by atoms with Crippen molar-refractivity contribution in [3.05, 3.63) is 34.7 Å². The summed E-state index contributed by atoms with van der Waals surface area (Å²) >= 11 is 0. The van der Waals surface area contributed by atoms with E-state index in [-0.39, 0.29) is 11.3 Å². The van der Waals surface area contributed by atoms with Crippen LogP contribution < -0.4 is 0 Å². The number of rotatable bonds is 1. The molecule has 8 heteroatoms. The molecule has 0 bridgehead atoms. The number of aryl methyl sites for hydroxylation is 1. The van der Waals surface area contributed by atoms with Crippen molar-refractivity contribution >= 4 is 23.1 Å². The molecule has 5 nitrogen and oxygen atoms in total. The highest BCUT2D eigenvalue weighted by Gasteiger charge is 2.56. The average Bonchev–Trinajstić information content (AvgIpc) is 2.51. The van der Waals surface area contributed by atoms with Crippen molar-refractivity contribution in [3.8, 4) is 0 Å². The summed E-state index contributed by atoms with van der Waals surface area (Å²) in [5, 5.41) is 10.5. The third kappa shape index (κ3) is 2.83. The molecule has 26 heavy (non-hydrogen) atoms. The number of pyridine rings is 1. The van der Waals surface area contributed by atoms with Gasteiger partial charge in [0.25, 0.3) is 0 Å². The third-order valence-electron chi connectivity index (χ3n) is 4.59. The number of ketones is 3. The van der Waals surface area contributed by atoms with Crippen molar-refractivity contribution in [2.45, 2.75) is 40.8 Å². The first-order valence-electron chi connectivity index (χ1n) is 7.76. The van der Waals surface area contributed by atoms with E-state index in [1.54, 1.807) is 0 Å². The van der Waals surface area contributed by atoms with E-state index >= 15 is 0 Å². The Balaban J connectivity index is 2.70. The Labute approximate surface area is 147 Å². The van der Waals surface area contributed by atoms with E-state index < -0.39 is 51.4 Å². The summed E-state index contributed by atoms with van der Waals surface area (Å²) in [4.78, 5) is 41.1. The predicted octanol–water partition coefficient (Wildman–Crippen LogP) is 3.45. The Bertz CT molecular complexity index is 832. The number of hydrogen-bond donors (Lipinski definition) is 1. The number of carbonyl (C=O) groups excluding carboxylic acids is 3. The molecule has 1 saturated carbocycles. The minimum atomic E-state index is -4.67. The molecule has 0 spiro atoms. The van der Waals surface area contributed by atoms with Crippen molar-refractivity contribution < 1.29 is 32.7 Å². The van der Waals surface area contributed by atoms with Crippen molar-refractivity contribution in [2.24, 2.45) is 10.8 Å². The van der Waals surface area contributed by atoms with Crippen molar-refractivity contribution in [2.75, 3.05) is 0 Å². The maximum Gasteiger partial charge on any atom is 0.433 e. The monoisotopic (exact) mass is 369 g/mol. The van der Waals surface area contributed by atoms with Gasteiger partial charge in [0, 0.05) is 11.3 Å². The number of aliphatic hydroxyl groups is 1. The second kappa shape index (κ2) is 5.75. The Morgan fingerprint density at radius 3 is 1.85 bits per heavy atom. The maximum atomic E-state index is 12.7. The highest BCUT2D eigenvalue weighted by molar-refractivity contribution is 6.40. The van der Waals surface area contributed by atoms with E-state index in [4.69, 9.17) is 0 Å². The fraction of sp³-hybridized carbons (Fsp3) is 0.444. The minimum absolute atomic E-state index is 0.171. The van der Waals surface area contributed by atoms with Gasteiger partial charge in [-0.2, -0.15) is 13.2 Å². The first kappa shape index (κ1) is 19.8. The predicted molar refractivity (Wildman–Crippen MR) is 86.1 cm³/mol. The first-order chi connectivity index (χ1) is 11.6. The molecule has 0 atom stereocenters. The van der Waals surface area contributed by atoms with Crippen LogP contribution >= 0.6 is 0 Å². The summed E-state index contributed by atoms with van der Waals surface area (Å²) < 4.78 is 38.2. The molecule has 0 unspecified atom stereocenters. The normalized spacial score (nSPS) is 19.7. The summed E-state index contributed by atoms with van der Waals surface area (Å²) in [5.74, 6) is -3.10. The lowest BCUT2D eigenvalue weighted by molar-refractivity contribution is -0.151. The standard InChI is InChI=1S/C18H18F3NO4/c1-8-9(6-7-10(22-8)18(19,20)21)12(23)11-13(24)16(2,3)15(26)17(4,5)14(11)25/h6-7,23H,1-5H3. The molecule has 0 radical (unpaired) electrons. The topological polar surface area (TPSA) is 84.3 Å². The molecule has 1 aromatic rings. The van der Waals surface area contributed by atoms with Gasteiger partial charge in [-0.05, 0) is 46.8 Å². The fourth-order valence-corrected chi connectivity index (χ4v) is 3.03. The van der Waals surface area contributed by atoms with E-state index in [9.17, 15) is 32.7 Å². The lowest BCUT2D eigenvalue weighted by atomic mass is 9.60. The Morgan fingerprint density at radius 1 is 1.00 bits per heavy atom. The van der Waals surface area contributed by atoms with Gasteiger partial charge >= 0.3 is 6.18 Å². The SMILES string of the molecule is Cc1nc(C(F)(F)F)ccc1C(O)=C1C(=O)C(C)(C)C(=O)C(C)(C)C1=O. The zero-order chi connectivity index (χ0) is 20.2. The van der Waals surface area contributed by atoms with Gasteiger partial charge in [0.1, 0.15) is 17.0 Å². The van der Waals surface area contributed by atoms with E-state index in [0.29, 0.717) is 6.07 Å². The molecule has 1 heterocycles. The number of alkyl halides is 3. The molecule has 1 aliphatic rings. The van der Waals surface area contributed by atoms with Crippen molar-refractivity contribution in [3.63, 3.8) is 0 Å². The molecule has 2 rings (SSSR count). The number of aliphatic hydroxyl groups excluding tert-OH is 1. The lowest BCUT2D eigenvalue weighted by Crippen LogP contribution is -2.54. The van der Waals surface area contributed by atoms with Crippen LogP contribution in [0.4, 0.5) is 13.2 Å². The fourth-order valence-electron chi connectivity index (χ4n) is 3.03. The van der Waals surface area contributed by atoms with Gasteiger partial charge < -0.3 is 5.11 Å². The van der Waals surface area contributed by atoms with Gasteiger partial charge in [-0.15, -0.1) is 0 Å². The Hall–Kier alpha value is -2.51. The molecular weight excluding hydrogens is 351 g/mol. The molecule has 1 fully saturated rings. The van der Waals surface area contributed by atoms with Crippen LogP contribution in [0.2, 0.25) is 0 Å². The summed E-state index contributed by atoms with van der Waals surface area (Å²) in [6.07, 6.45) is -4.67. The van der Waals surface area contributed by atoms with Gasteiger partial charge in [0.05, 0.1) is 10.8 Å². The van der Waals surface area contributed by atoms with E-state index in [0.717, 1.165) is 6.07 Å². The van der Waals surface area contributed by atoms with E-state index in [1.807, 2.05) is 0 Å². The smallest absolute Gasteiger partial charge is 0.433 e. The van der Waals surface area contributed by atoms with Crippen LogP contribution in [0, 0.1) is 17.8 Å². The van der Waals surface area contributed by atoms with Crippen LogP contribution in [0.3, 0.4) is 0 Å². The van der Waals surface area contributed by atoms with Crippen LogP contribution in [-0.2, 0) is 20.6 Å². The van der Waals surface area contributed by atoms with Gasteiger partial charge in [-0.3, -0.25) is 14.4 Å². The number of halogens is 3. The second-order valence-corrected chi connectivity index (χ2v) is 7.29. The van der Waals surface area contributed by atoms with Crippen LogP contribution in [0.5, 0.6) is 0 Å². The zero-order valence-electron chi connectivity index (χ0n) is 14.9. The first-order valence-corrected chi connectivity index (χ1v) is 7.76. The summed E-state index contributed by atoms with van der Waals surface area (Å²) in [7, 11) is 0. The number of Topliss-reactive ketones (excluding diaryl/α,β-unsaturated/α-hetero) is 3. The number of allylic oxidation sites excluding steroid dienone is 1. The van der Waals surface area contributed by atoms with Crippen LogP contribution in [0.1, 0.15) is 44.6 Å². The zero-order valence-corrected chi connectivity index (χ0v) is 14.9. The summed E-state index contributed by atoms with van der Waals surface area (Å²) in [5.41, 5.74) is -5.21. The quantitative estimate of drug-likeness (QED) is 0.355. The van der Waals surface area contributed by atoms with Crippen LogP contribution in [0.25, 0.3) is 5.76 Å². The molecule has 140 valence electrons. The largest absolute Gasteiger partial charge is 0.506 e. The lowest BCUT2D eigenvalue weighted by Gasteiger charge is -2.37. The van der Waals surface area contributed by atoms with E-state index in [2.05, 4.69) is 4.98 Å².